The maximum Gasteiger partial charge on any atom is 0.220 e. The predicted molar refractivity (Wildman–Crippen MR) is 205 cm³/mol. The topological polar surface area (TPSA) is 111 Å². The highest BCUT2D eigenvalue weighted by Crippen LogP contribution is 2.45. The van der Waals surface area contributed by atoms with Gasteiger partial charge in [-0.1, -0.05) is 59.6 Å². The third-order valence-electron chi connectivity index (χ3n) is 11.0. The molecule has 0 radical (unpaired) electrons. The van der Waals surface area contributed by atoms with Crippen LogP contribution >= 0.6 is 23.2 Å². The van der Waals surface area contributed by atoms with Crippen LogP contribution in [0.15, 0.2) is 48.8 Å². The SMILES string of the molecule is CN(C)c1nc(-c2cccc(-c3cccc(-c4cnc(CN5CC6(CCC(=O)N6)C5)c(N(C)C)n4)c3Cl)c2Cl)cnc1CN1CC2(CCC(=O)C2)C1. The van der Waals surface area contributed by atoms with Crippen LogP contribution in [0.3, 0.4) is 0 Å². The van der Waals surface area contributed by atoms with E-state index in [2.05, 4.69) is 15.1 Å². The molecule has 1 amide bonds. The van der Waals surface area contributed by atoms with Gasteiger partial charge >= 0.3 is 0 Å². The number of carbonyl (C=O) groups excluding carboxylic acids is 2. The Bertz CT molecular complexity index is 1930. The van der Waals surface area contributed by atoms with Crippen molar-refractivity contribution in [2.45, 2.75) is 50.7 Å². The van der Waals surface area contributed by atoms with Crippen molar-refractivity contribution in [3.05, 3.63) is 70.2 Å². The molecule has 2 aromatic carbocycles. The molecule has 0 bridgehead atoms. The number of carbonyl (C=O) groups is 2. The minimum atomic E-state index is -0.0864. The molecule has 270 valence electrons. The van der Waals surface area contributed by atoms with Gasteiger partial charge in [-0.25, -0.2) is 9.97 Å². The average molecular weight is 741 g/mol. The second kappa shape index (κ2) is 13.4. The second-order valence-corrected chi connectivity index (χ2v) is 16.3. The molecular weight excluding hydrogens is 697 g/mol. The van der Waals surface area contributed by atoms with Crippen LogP contribution in [-0.2, 0) is 22.7 Å². The lowest BCUT2D eigenvalue weighted by molar-refractivity contribution is -0.121. The van der Waals surface area contributed by atoms with Crippen molar-refractivity contribution >= 4 is 46.5 Å². The molecular formula is C39H43Cl2N9O2. The van der Waals surface area contributed by atoms with E-state index in [9.17, 15) is 9.59 Å². The van der Waals surface area contributed by atoms with Crippen molar-refractivity contribution in [3.63, 3.8) is 0 Å². The van der Waals surface area contributed by atoms with Crippen molar-refractivity contribution < 1.29 is 9.59 Å². The molecule has 11 nitrogen and oxygen atoms in total. The van der Waals surface area contributed by atoms with Gasteiger partial charge in [-0.15, -0.1) is 0 Å². The number of hydrogen-bond donors (Lipinski definition) is 1. The minimum absolute atomic E-state index is 0.0864. The summed E-state index contributed by atoms with van der Waals surface area (Å²) >= 11 is 14.4. The lowest BCUT2D eigenvalue weighted by Crippen LogP contribution is -2.66. The van der Waals surface area contributed by atoms with Gasteiger partial charge in [0.15, 0.2) is 11.6 Å². The number of nitrogens with zero attached hydrogens (tertiary/aromatic N) is 8. The second-order valence-electron chi connectivity index (χ2n) is 15.5. The molecule has 1 aliphatic carbocycles. The van der Waals surface area contributed by atoms with Gasteiger partial charge in [0.1, 0.15) is 5.78 Å². The van der Waals surface area contributed by atoms with Crippen molar-refractivity contribution in [1.29, 1.82) is 0 Å². The number of rotatable bonds is 9. The number of nitrogens with one attached hydrogen (secondary N) is 1. The van der Waals surface area contributed by atoms with Gasteiger partial charge in [0.25, 0.3) is 0 Å². The van der Waals surface area contributed by atoms with Gasteiger partial charge in [0.2, 0.25) is 5.91 Å². The Labute approximate surface area is 314 Å². The van der Waals surface area contributed by atoms with Gasteiger partial charge in [-0.3, -0.25) is 29.4 Å². The Morgan fingerprint density at radius 3 is 1.65 bits per heavy atom. The maximum atomic E-state index is 11.9. The van der Waals surface area contributed by atoms with E-state index < -0.39 is 0 Å². The number of amides is 1. The number of hydrogen-bond acceptors (Lipinski definition) is 10. The molecule has 5 heterocycles. The fraction of sp³-hybridized carbons (Fsp3) is 0.436. The molecule has 13 heteroatoms. The summed E-state index contributed by atoms with van der Waals surface area (Å²) in [6.07, 6.45) is 7.48. The van der Waals surface area contributed by atoms with E-state index in [0.29, 0.717) is 59.6 Å². The van der Waals surface area contributed by atoms with E-state index in [1.165, 1.54) is 0 Å². The number of halogens is 2. The van der Waals surface area contributed by atoms with Crippen LogP contribution in [0, 0.1) is 5.41 Å². The summed E-state index contributed by atoms with van der Waals surface area (Å²) in [5.74, 6) is 2.10. The van der Waals surface area contributed by atoms with Crippen molar-refractivity contribution in [3.8, 4) is 33.6 Å². The first-order valence-corrected chi connectivity index (χ1v) is 18.6. The maximum absolute atomic E-state index is 11.9. The number of likely N-dealkylation sites (tertiary alicyclic amines) is 2. The van der Waals surface area contributed by atoms with E-state index in [-0.39, 0.29) is 16.9 Å². The summed E-state index contributed by atoms with van der Waals surface area (Å²) in [5, 5.41) is 4.21. The van der Waals surface area contributed by atoms with Gasteiger partial charge < -0.3 is 15.1 Å². The van der Waals surface area contributed by atoms with Crippen LogP contribution in [0.4, 0.5) is 11.6 Å². The van der Waals surface area contributed by atoms with E-state index in [4.69, 9.17) is 43.1 Å². The van der Waals surface area contributed by atoms with Gasteiger partial charge in [0.05, 0.1) is 50.8 Å². The van der Waals surface area contributed by atoms with Crippen LogP contribution in [0.25, 0.3) is 33.6 Å². The Hall–Kier alpha value is -4.16. The predicted octanol–water partition coefficient (Wildman–Crippen LogP) is 5.73. The molecule has 1 saturated carbocycles. The lowest BCUT2D eigenvalue weighted by Gasteiger charge is -2.47. The van der Waals surface area contributed by atoms with E-state index in [1.807, 2.05) is 74.4 Å². The molecule has 1 N–H and O–H groups in total. The first-order chi connectivity index (χ1) is 24.9. The summed E-state index contributed by atoms with van der Waals surface area (Å²) in [7, 11) is 7.88. The average Bonchev–Trinajstić information content (AvgIpc) is 3.68. The summed E-state index contributed by atoms with van der Waals surface area (Å²) in [6, 6.07) is 11.8. The molecule has 4 fully saturated rings. The first-order valence-electron chi connectivity index (χ1n) is 17.8. The lowest BCUT2D eigenvalue weighted by atomic mass is 9.78. The van der Waals surface area contributed by atoms with E-state index in [1.54, 1.807) is 12.4 Å². The fourth-order valence-electron chi connectivity index (χ4n) is 8.52. The zero-order chi connectivity index (χ0) is 36.4. The standard InChI is InChI=1S/C39H43Cl2N9O2/c1-47(2)36-31(18-49-20-38(21-49)13-11-24(51)15-38)42-16-29(44-36)27-9-5-7-25(34(27)40)26-8-6-10-28(35(26)41)30-17-43-32(37(45-30)48(3)4)19-50-22-39(23-50)14-12-33(52)46-39/h5-10,16-17H,11-15,18-23H2,1-4H3,(H,46,52). The van der Waals surface area contributed by atoms with Crippen molar-refractivity contribution in [2.75, 3.05) is 64.2 Å². The first kappa shape index (κ1) is 34.9. The fourth-order valence-corrected chi connectivity index (χ4v) is 9.17. The molecule has 3 aliphatic heterocycles. The molecule has 8 rings (SSSR count). The van der Waals surface area contributed by atoms with Gasteiger partial charge in [0, 0.05) is 114 Å². The molecule has 0 atom stereocenters. The molecule has 2 aromatic heterocycles. The van der Waals surface area contributed by atoms with Crippen molar-refractivity contribution in [1.82, 2.24) is 35.1 Å². The zero-order valence-electron chi connectivity index (χ0n) is 30.0. The summed E-state index contributed by atoms with van der Waals surface area (Å²) < 4.78 is 0. The highest BCUT2D eigenvalue weighted by Gasteiger charge is 2.48. The molecule has 52 heavy (non-hydrogen) atoms. The van der Waals surface area contributed by atoms with Crippen molar-refractivity contribution in [2.24, 2.45) is 5.41 Å². The van der Waals surface area contributed by atoms with Crippen LogP contribution in [-0.4, -0.2) is 101 Å². The monoisotopic (exact) mass is 739 g/mol. The third-order valence-corrected chi connectivity index (χ3v) is 11.8. The Balaban J connectivity index is 1.04. The highest BCUT2D eigenvalue weighted by molar-refractivity contribution is 6.39. The Kier molecular flexibility index (Phi) is 8.97. The molecule has 3 saturated heterocycles. The molecule has 2 spiro atoms. The highest BCUT2D eigenvalue weighted by atomic mass is 35.5. The molecule has 4 aromatic rings. The minimum Gasteiger partial charge on any atom is -0.361 e. The Morgan fingerprint density at radius 1 is 0.712 bits per heavy atom. The Morgan fingerprint density at radius 2 is 1.21 bits per heavy atom. The van der Waals surface area contributed by atoms with E-state index >= 15 is 0 Å². The zero-order valence-corrected chi connectivity index (χ0v) is 31.6. The summed E-state index contributed by atoms with van der Waals surface area (Å²) in [5.41, 5.74) is 6.27. The summed E-state index contributed by atoms with van der Waals surface area (Å²) in [4.78, 5) is 52.2. The number of anilines is 2. The largest absolute Gasteiger partial charge is 0.361 e. The van der Waals surface area contributed by atoms with Crippen LogP contribution in [0.2, 0.25) is 10.0 Å². The third kappa shape index (κ3) is 6.42. The molecule has 4 aliphatic rings. The normalized spacial score (nSPS) is 19.2. The van der Waals surface area contributed by atoms with Crippen LogP contribution < -0.4 is 15.1 Å². The number of ketones is 1. The number of Topliss-reactive ketones (excluding diaryl/α,β-unsaturated/α-hetero) is 1. The number of benzene rings is 2. The van der Waals surface area contributed by atoms with E-state index in [0.717, 1.165) is 84.3 Å². The quantitative estimate of drug-likeness (QED) is 0.229. The molecule has 0 unspecified atom stereocenters. The van der Waals surface area contributed by atoms with Crippen LogP contribution in [0.1, 0.15) is 43.5 Å². The smallest absolute Gasteiger partial charge is 0.220 e. The van der Waals surface area contributed by atoms with Gasteiger partial charge in [-0.05, 0) is 12.8 Å². The van der Waals surface area contributed by atoms with Gasteiger partial charge in [-0.2, -0.15) is 0 Å². The number of aromatic nitrogens is 4. The summed E-state index contributed by atoms with van der Waals surface area (Å²) in [6.45, 7) is 4.82. The van der Waals surface area contributed by atoms with Crippen LogP contribution in [0.5, 0.6) is 0 Å².